The molecule has 0 unspecified atom stereocenters. The topological polar surface area (TPSA) is 104 Å². The Morgan fingerprint density at radius 2 is 1.09 bits per heavy atom. The van der Waals surface area contributed by atoms with E-state index in [1.807, 2.05) is 0 Å². The van der Waals surface area contributed by atoms with Crippen LogP contribution in [0.5, 0.6) is 0 Å². The van der Waals surface area contributed by atoms with Crippen molar-refractivity contribution < 1.29 is 0 Å². The highest BCUT2D eigenvalue weighted by Crippen LogP contribution is 1.82. The monoisotopic (exact) mass is 156 g/mol. The Labute approximate surface area is 65.0 Å². The second-order valence-corrected chi connectivity index (χ2v) is 1.64. The summed E-state index contributed by atoms with van der Waals surface area (Å²) in [5, 5.41) is 14.6. The van der Waals surface area contributed by atoms with Gasteiger partial charge in [-0.2, -0.15) is 0 Å². The molecule has 1 aromatic heterocycles. The number of hydrogen-bond donors (Lipinski definition) is 2. The van der Waals surface area contributed by atoms with Gasteiger partial charge in [0.15, 0.2) is 11.6 Å². The van der Waals surface area contributed by atoms with Gasteiger partial charge in [-0.05, 0) is 0 Å². The van der Waals surface area contributed by atoms with Gasteiger partial charge in [-0.15, -0.1) is 20.4 Å². The van der Waals surface area contributed by atoms with Crippen molar-refractivity contribution >= 4 is 0 Å². The molecule has 0 saturated heterocycles. The van der Waals surface area contributed by atoms with Crippen LogP contribution in [0, 0.1) is 0 Å². The lowest BCUT2D eigenvalue weighted by molar-refractivity contribution is 0.700. The summed E-state index contributed by atoms with van der Waals surface area (Å²) in [5.41, 5.74) is 10.4. The normalized spacial score (nSPS) is 8.91. The first kappa shape index (κ1) is 9.86. The van der Waals surface area contributed by atoms with E-state index in [-0.39, 0.29) is 20.5 Å². The van der Waals surface area contributed by atoms with E-state index < -0.39 is 0 Å². The lowest BCUT2D eigenvalue weighted by Crippen LogP contribution is -2.11. The van der Waals surface area contributed by atoms with Crippen LogP contribution in [0.1, 0.15) is 19.1 Å². The minimum atomic E-state index is 0. The molecule has 0 spiro atoms. The maximum atomic E-state index is 5.21. The van der Waals surface area contributed by atoms with Gasteiger partial charge in [-0.25, -0.2) is 0 Å². The quantitative estimate of drug-likeness (QED) is 0.558. The fourth-order valence-electron chi connectivity index (χ4n) is 0.434. The summed E-state index contributed by atoms with van der Waals surface area (Å²) in [6.07, 6.45) is 0. The Bertz CT molecular complexity index is 172. The molecule has 0 bridgehead atoms. The number of aromatic nitrogens is 4. The highest BCUT2D eigenvalue weighted by molar-refractivity contribution is 4.79. The zero-order valence-corrected chi connectivity index (χ0v) is 5.36. The van der Waals surface area contributed by atoms with Crippen molar-refractivity contribution in [3.8, 4) is 0 Å². The predicted molar refractivity (Wildman–Crippen MR) is 40.1 cm³/mol. The van der Waals surface area contributed by atoms with Gasteiger partial charge < -0.3 is 11.5 Å². The fraction of sp³-hybridized carbons (Fsp3) is 0.600. The van der Waals surface area contributed by atoms with Crippen LogP contribution in [-0.2, 0) is 13.1 Å². The van der Waals surface area contributed by atoms with Crippen LogP contribution < -0.4 is 11.5 Å². The molecule has 0 atom stereocenters. The van der Waals surface area contributed by atoms with Gasteiger partial charge in [0, 0.05) is 0 Å². The third-order valence-electron chi connectivity index (χ3n) is 0.927. The SMILES string of the molecule is C.NCc1nnc(CN)nn1. The third kappa shape index (κ3) is 2.52. The molecule has 0 aliphatic rings. The van der Waals surface area contributed by atoms with E-state index in [9.17, 15) is 0 Å². The number of nitrogens with zero attached hydrogens (tertiary/aromatic N) is 4. The Hall–Kier alpha value is -1.14. The first-order valence-electron chi connectivity index (χ1n) is 2.82. The van der Waals surface area contributed by atoms with Crippen molar-refractivity contribution in [2.24, 2.45) is 11.5 Å². The largest absolute Gasteiger partial charge is 0.324 e. The van der Waals surface area contributed by atoms with Gasteiger partial charge in [-0.1, -0.05) is 7.43 Å². The number of rotatable bonds is 2. The van der Waals surface area contributed by atoms with E-state index in [2.05, 4.69) is 20.4 Å². The van der Waals surface area contributed by atoms with Gasteiger partial charge in [0.05, 0.1) is 13.1 Å². The van der Waals surface area contributed by atoms with Gasteiger partial charge in [0.25, 0.3) is 0 Å². The van der Waals surface area contributed by atoms with Crippen molar-refractivity contribution in [1.82, 2.24) is 20.4 Å². The second-order valence-electron chi connectivity index (χ2n) is 1.64. The Morgan fingerprint density at radius 1 is 0.818 bits per heavy atom. The Morgan fingerprint density at radius 3 is 1.27 bits per heavy atom. The molecule has 0 aromatic carbocycles. The maximum absolute atomic E-state index is 5.21. The fourth-order valence-corrected chi connectivity index (χ4v) is 0.434. The molecule has 1 heterocycles. The maximum Gasteiger partial charge on any atom is 0.187 e. The number of hydrogen-bond acceptors (Lipinski definition) is 6. The minimum absolute atomic E-state index is 0. The highest BCUT2D eigenvalue weighted by Gasteiger charge is 1.95. The average Bonchev–Trinajstić information content (AvgIpc) is 2.05. The molecule has 0 aliphatic carbocycles. The molecule has 0 aliphatic heterocycles. The minimum Gasteiger partial charge on any atom is -0.324 e. The highest BCUT2D eigenvalue weighted by atomic mass is 15.3. The van der Waals surface area contributed by atoms with E-state index in [0.717, 1.165) is 0 Å². The molecular weight excluding hydrogens is 144 g/mol. The summed E-state index contributed by atoms with van der Waals surface area (Å²) in [7, 11) is 0. The molecule has 0 fully saturated rings. The van der Waals surface area contributed by atoms with E-state index in [4.69, 9.17) is 11.5 Å². The Balaban J connectivity index is 0.000001000. The first-order valence-corrected chi connectivity index (χ1v) is 2.82. The molecule has 0 amide bonds. The van der Waals surface area contributed by atoms with Crippen molar-refractivity contribution in [3.63, 3.8) is 0 Å². The first-order chi connectivity index (χ1) is 4.86. The molecule has 6 nitrogen and oxygen atoms in total. The molecular formula is C5H12N6. The molecule has 11 heavy (non-hydrogen) atoms. The predicted octanol–water partition coefficient (Wildman–Crippen LogP) is -1.18. The smallest absolute Gasteiger partial charge is 0.187 e. The van der Waals surface area contributed by atoms with Crippen LogP contribution in [0.15, 0.2) is 0 Å². The van der Waals surface area contributed by atoms with Gasteiger partial charge in [0.2, 0.25) is 0 Å². The summed E-state index contributed by atoms with van der Waals surface area (Å²) < 4.78 is 0. The summed E-state index contributed by atoms with van der Waals surface area (Å²) >= 11 is 0. The lowest BCUT2D eigenvalue weighted by atomic mass is 10.6. The summed E-state index contributed by atoms with van der Waals surface area (Å²) in [6, 6.07) is 0. The van der Waals surface area contributed by atoms with Crippen molar-refractivity contribution in [1.29, 1.82) is 0 Å². The zero-order chi connectivity index (χ0) is 7.40. The summed E-state index contributed by atoms with van der Waals surface area (Å²) in [5.74, 6) is 0.856. The van der Waals surface area contributed by atoms with E-state index >= 15 is 0 Å². The van der Waals surface area contributed by atoms with Crippen molar-refractivity contribution in [2.75, 3.05) is 0 Å². The molecule has 1 rings (SSSR count). The van der Waals surface area contributed by atoms with Crippen molar-refractivity contribution in [3.05, 3.63) is 11.6 Å². The Kier molecular flexibility index (Phi) is 4.16. The van der Waals surface area contributed by atoms with Crippen LogP contribution in [0.4, 0.5) is 0 Å². The zero-order valence-electron chi connectivity index (χ0n) is 5.36. The summed E-state index contributed by atoms with van der Waals surface area (Å²) in [4.78, 5) is 0. The molecule has 0 saturated carbocycles. The molecule has 62 valence electrons. The standard InChI is InChI=1S/C4H8N6.CH4/c5-1-3-7-9-4(2-6)10-8-3;/h1-2,5-6H2;1H4. The second kappa shape index (κ2) is 4.64. The van der Waals surface area contributed by atoms with Crippen molar-refractivity contribution in [2.45, 2.75) is 20.5 Å². The van der Waals surface area contributed by atoms with Crippen LogP contribution >= 0.6 is 0 Å². The molecule has 4 N–H and O–H groups in total. The third-order valence-corrected chi connectivity index (χ3v) is 0.927. The van der Waals surface area contributed by atoms with Crippen LogP contribution in [0.3, 0.4) is 0 Å². The van der Waals surface area contributed by atoms with Crippen LogP contribution in [0.2, 0.25) is 0 Å². The summed E-state index contributed by atoms with van der Waals surface area (Å²) in [6.45, 7) is 0.510. The van der Waals surface area contributed by atoms with Crippen LogP contribution in [0.25, 0.3) is 0 Å². The molecule has 0 radical (unpaired) electrons. The van der Waals surface area contributed by atoms with Gasteiger partial charge in [0.1, 0.15) is 0 Å². The lowest BCUT2D eigenvalue weighted by Gasteiger charge is -1.92. The molecule has 1 aromatic rings. The van der Waals surface area contributed by atoms with E-state index in [1.165, 1.54) is 0 Å². The average molecular weight is 156 g/mol. The van der Waals surface area contributed by atoms with Crippen LogP contribution in [-0.4, -0.2) is 20.4 Å². The molecule has 6 heteroatoms. The van der Waals surface area contributed by atoms with Gasteiger partial charge >= 0.3 is 0 Å². The van der Waals surface area contributed by atoms with Gasteiger partial charge in [-0.3, -0.25) is 0 Å². The van der Waals surface area contributed by atoms with E-state index in [0.29, 0.717) is 11.6 Å². The number of nitrogens with two attached hydrogens (primary N) is 2. The van der Waals surface area contributed by atoms with E-state index in [1.54, 1.807) is 0 Å².